The van der Waals surface area contributed by atoms with Gasteiger partial charge in [0.25, 0.3) is 5.69 Å². The topological polar surface area (TPSA) is 56.0 Å². The number of nitrogens with zero attached hydrogens (tertiary/aromatic N) is 2. The summed E-state index contributed by atoms with van der Waals surface area (Å²) < 4.78 is 5.13. The van der Waals surface area contributed by atoms with Crippen molar-refractivity contribution in [3.8, 4) is 0 Å². The van der Waals surface area contributed by atoms with E-state index in [1.54, 1.807) is 12.1 Å². The Balaban J connectivity index is 2.80. The van der Waals surface area contributed by atoms with Gasteiger partial charge in [-0.3, -0.25) is 10.1 Å². The molecule has 14 heavy (non-hydrogen) atoms. The molecule has 0 aliphatic rings. The molecule has 1 atom stereocenters. The smallest absolute Gasteiger partial charge is 0.258 e. The summed E-state index contributed by atoms with van der Waals surface area (Å²) in [7, 11) is 2.37. The number of benzene rings is 1. The van der Waals surface area contributed by atoms with Crippen molar-refractivity contribution in [3.63, 3.8) is 0 Å². The molecule has 0 aliphatic heterocycles. The number of fused-ring (bicyclic) bond motifs is 1. The molecule has 6 heteroatoms. The quantitative estimate of drug-likeness (QED) is 0.424. The van der Waals surface area contributed by atoms with Crippen molar-refractivity contribution >= 4 is 41.9 Å². The Morgan fingerprint density at radius 3 is 2.93 bits per heavy atom. The van der Waals surface area contributed by atoms with Crippen molar-refractivity contribution in [2.24, 2.45) is 0 Å². The second-order valence-corrected chi connectivity index (χ2v) is 4.36. The first-order valence-electron chi connectivity index (χ1n) is 3.89. The third kappa shape index (κ3) is 1.38. The average Bonchev–Trinajstić information content (AvgIpc) is 2.46. The van der Waals surface area contributed by atoms with Crippen LogP contribution in [0.1, 0.15) is 5.69 Å². The highest BCUT2D eigenvalue weighted by Crippen LogP contribution is 2.26. The Bertz CT molecular complexity index is 523. The molecule has 0 amide bonds. The summed E-state index contributed by atoms with van der Waals surface area (Å²) in [6.07, 6.45) is 0. The molecule has 0 aliphatic carbocycles. The molecule has 0 N–H and O–H groups in total. The molecule has 1 heterocycles. The van der Waals surface area contributed by atoms with E-state index in [-0.39, 0.29) is 10.6 Å². The lowest BCUT2D eigenvalue weighted by molar-refractivity contribution is -0.383. The van der Waals surface area contributed by atoms with E-state index >= 15 is 0 Å². The van der Waals surface area contributed by atoms with Crippen LogP contribution in [0, 0.1) is 17.0 Å². The third-order valence-corrected chi connectivity index (χ3v) is 3.36. The SMILES string of the molecule is Cc1nsc2cc(P)c([N+](=O)[O-])cc12. The first-order valence-corrected chi connectivity index (χ1v) is 5.24. The molecular weight excluding hydrogens is 219 g/mol. The van der Waals surface area contributed by atoms with E-state index in [1.165, 1.54) is 11.5 Å². The lowest BCUT2D eigenvalue weighted by Gasteiger charge is -1.96. The summed E-state index contributed by atoms with van der Waals surface area (Å²) in [5.74, 6) is 0. The molecular formula is C8H7N2O2PS. The van der Waals surface area contributed by atoms with Gasteiger partial charge in [0.05, 0.1) is 15.3 Å². The zero-order valence-corrected chi connectivity index (χ0v) is 9.32. The summed E-state index contributed by atoms with van der Waals surface area (Å²) in [6, 6.07) is 3.36. The highest BCUT2D eigenvalue weighted by Gasteiger charge is 2.14. The highest BCUT2D eigenvalue weighted by atomic mass is 32.1. The molecule has 1 aromatic carbocycles. The standard InChI is InChI=1S/C8H7N2O2PS/c1-4-5-2-6(10(11)12)7(13)3-8(5)14-9-4/h2-3H,13H2,1H3. The molecule has 2 aromatic rings. The number of hydrogen-bond donors (Lipinski definition) is 0. The number of nitro benzene ring substituents is 1. The molecule has 0 saturated heterocycles. The highest BCUT2D eigenvalue weighted by molar-refractivity contribution is 7.28. The number of rotatable bonds is 1. The maximum absolute atomic E-state index is 10.7. The maximum atomic E-state index is 10.7. The van der Waals surface area contributed by atoms with Crippen LogP contribution in [0.25, 0.3) is 10.1 Å². The summed E-state index contributed by atoms with van der Waals surface area (Å²) in [6.45, 7) is 1.85. The van der Waals surface area contributed by atoms with Gasteiger partial charge in [-0.2, -0.15) is 4.37 Å². The van der Waals surface area contributed by atoms with Crippen LogP contribution in [0.3, 0.4) is 0 Å². The molecule has 2 rings (SSSR count). The lowest BCUT2D eigenvalue weighted by Crippen LogP contribution is -2.00. The lowest BCUT2D eigenvalue weighted by atomic mass is 10.2. The van der Waals surface area contributed by atoms with Crippen LogP contribution < -0.4 is 5.30 Å². The third-order valence-electron chi connectivity index (χ3n) is 2.00. The van der Waals surface area contributed by atoms with E-state index in [2.05, 4.69) is 13.6 Å². The van der Waals surface area contributed by atoms with Crippen LogP contribution in [-0.2, 0) is 0 Å². The van der Waals surface area contributed by atoms with Gasteiger partial charge in [-0.15, -0.1) is 0 Å². The van der Waals surface area contributed by atoms with E-state index in [1.807, 2.05) is 6.92 Å². The molecule has 0 fully saturated rings. The van der Waals surface area contributed by atoms with E-state index in [0.29, 0.717) is 5.30 Å². The van der Waals surface area contributed by atoms with Gasteiger partial charge in [0, 0.05) is 16.8 Å². The number of aromatic nitrogens is 1. The van der Waals surface area contributed by atoms with E-state index < -0.39 is 0 Å². The van der Waals surface area contributed by atoms with Gasteiger partial charge in [0.15, 0.2) is 0 Å². The van der Waals surface area contributed by atoms with Gasteiger partial charge in [-0.05, 0) is 24.5 Å². The maximum Gasteiger partial charge on any atom is 0.277 e. The number of hydrogen-bond acceptors (Lipinski definition) is 4. The molecule has 1 unspecified atom stereocenters. The summed E-state index contributed by atoms with van der Waals surface area (Å²) in [4.78, 5) is 10.3. The Kier molecular flexibility index (Phi) is 2.21. The molecule has 4 nitrogen and oxygen atoms in total. The Labute approximate surface area is 86.5 Å². The zero-order valence-electron chi connectivity index (χ0n) is 7.35. The average molecular weight is 226 g/mol. The summed E-state index contributed by atoms with van der Waals surface area (Å²) in [5.41, 5.74) is 0.976. The molecule has 0 bridgehead atoms. The molecule has 0 spiro atoms. The Hall–Kier alpha value is -1.06. The van der Waals surface area contributed by atoms with Crippen molar-refractivity contribution < 1.29 is 4.92 Å². The van der Waals surface area contributed by atoms with Gasteiger partial charge in [0.2, 0.25) is 0 Å². The van der Waals surface area contributed by atoms with Crippen LogP contribution >= 0.6 is 20.8 Å². The molecule has 72 valence electrons. The van der Waals surface area contributed by atoms with Gasteiger partial charge in [-0.25, -0.2) is 0 Å². The Morgan fingerprint density at radius 1 is 1.57 bits per heavy atom. The first kappa shape index (κ1) is 9.49. The first-order chi connectivity index (χ1) is 6.59. The molecule has 1 aromatic heterocycles. The summed E-state index contributed by atoms with van der Waals surface area (Å²) in [5, 5.41) is 12.1. The van der Waals surface area contributed by atoms with E-state index in [0.717, 1.165) is 15.8 Å². The van der Waals surface area contributed by atoms with E-state index in [4.69, 9.17) is 0 Å². The fourth-order valence-corrected chi connectivity index (χ4v) is 2.56. The van der Waals surface area contributed by atoms with E-state index in [9.17, 15) is 10.1 Å². The fraction of sp³-hybridized carbons (Fsp3) is 0.125. The minimum absolute atomic E-state index is 0.130. The van der Waals surface area contributed by atoms with Crippen LogP contribution in [0.4, 0.5) is 5.69 Å². The van der Waals surface area contributed by atoms with Gasteiger partial charge in [-0.1, -0.05) is 9.24 Å². The Morgan fingerprint density at radius 2 is 2.29 bits per heavy atom. The largest absolute Gasteiger partial charge is 0.277 e. The van der Waals surface area contributed by atoms with Crippen molar-refractivity contribution in [1.29, 1.82) is 0 Å². The van der Waals surface area contributed by atoms with Gasteiger partial charge >= 0.3 is 0 Å². The number of nitro groups is 1. The monoisotopic (exact) mass is 226 g/mol. The van der Waals surface area contributed by atoms with Crippen molar-refractivity contribution in [2.75, 3.05) is 0 Å². The fourth-order valence-electron chi connectivity index (χ4n) is 1.27. The van der Waals surface area contributed by atoms with Crippen LogP contribution in [0.5, 0.6) is 0 Å². The summed E-state index contributed by atoms with van der Waals surface area (Å²) >= 11 is 1.36. The minimum Gasteiger partial charge on any atom is -0.258 e. The molecule has 0 radical (unpaired) electrons. The van der Waals surface area contributed by atoms with Crippen LogP contribution in [0.15, 0.2) is 12.1 Å². The van der Waals surface area contributed by atoms with Crippen molar-refractivity contribution in [2.45, 2.75) is 6.92 Å². The molecule has 0 saturated carbocycles. The number of aryl methyl sites for hydroxylation is 1. The minimum atomic E-state index is -0.376. The van der Waals surface area contributed by atoms with Crippen molar-refractivity contribution in [3.05, 3.63) is 27.9 Å². The zero-order chi connectivity index (χ0) is 10.3. The normalized spacial score (nSPS) is 10.7. The second-order valence-electron chi connectivity index (χ2n) is 2.93. The van der Waals surface area contributed by atoms with Gasteiger partial charge in [0.1, 0.15) is 0 Å². The second kappa shape index (κ2) is 3.26. The predicted octanol–water partition coefficient (Wildman–Crippen LogP) is 2.01. The van der Waals surface area contributed by atoms with Crippen LogP contribution in [-0.4, -0.2) is 9.30 Å². The van der Waals surface area contributed by atoms with Crippen molar-refractivity contribution in [1.82, 2.24) is 4.37 Å². The van der Waals surface area contributed by atoms with Gasteiger partial charge < -0.3 is 0 Å². The predicted molar refractivity (Wildman–Crippen MR) is 60.4 cm³/mol. The van der Waals surface area contributed by atoms with Crippen LogP contribution in [0.2, 0.25) is 0 Å².